The lowest BCUT2D eigenvalue weighted by Gasteiger charge is -2.19. The summed E-state index contributed by atoms with van der Waals surface area (Å²) in [5, 5.41) is 2.38. The van der Waals surface area contributed by atoms with E-state index in [-0.39, 0.29) is 5.56 Å². The molecule has 7 heteroatoms. The van der Waals surface area contributed by atoms with E-state index < -0.39 is 11.5 Å². The molecule has 3 aromatic heterocycles. The monoisotopic (exact) mass is 362 g/mol. The number of thiazole rings is 1. The van der Waals surface area contributed by atoms with Gasteiger partial charge < -0.3 is 0 Å². The molecule has 6 nitrogen and oxygen atoms in total. The molecule has 0 N–H and O–H groups in total. The molecule has 0 fully saturated rings. The Kier molecular flexibility index (Phi) is 4.06. The first-order valence-corrected chi connectivity index (χ1v) is 8.81. The summed E-state index contributed by atoms with van der Waals surface area (Å²) in [7, 11) is 0. The van der Waals surface area contributed by atoms with Crippen LogP contribution >= 0.6 is 11.3 Å². The van der Waals surface area contributed by atoms with Gasteiger partial charge in [-0.3, -0.25) is 18.9 Å². The van der Waals surface area contributed by atoms with Crippen LogP contribution in [0.3, 0.4) is 0 Å². The third-order valence-corrected chi connectivity index (χ3v) is 4.80. The van der Waals surface area contributed by atoms with Gasteiger partial charge in [0.05, 0.1) is 11.4 Å². The van der Waals surface area contributed by atoms with Crippen LogP contribution in [0.4, 0.5) is 10.8 Å². The number of aryl methyl sites for hydroxylation is 1. The first-order valence-electron chi connectivity index (χ1n) is 7.93. The molecule has 1 aromatic carbocycles. The summed E-state index contributed by atoms with van der Waals surface area (Å²) < 4.78 is 1.36. The third kappa shape index (κ3) is 2.78. The van der Waals surface area contributed by atoms with Gasteiger partial charge in [0.15, 0.2) is 5.13 Å². The molecule has 128 valence electrons. The predicted molar refractivity (Wildman–Crippen MR) is 101 cm³/mol. The molecule has 26 heavy (non-hydrogen) atoms. The Morgan fingerprint density at radius 1 is 1.12 bits per heavy atom. The molecule has 0 atom stereocenters. The number of amides is 1. The van der Waals surface area contributed by atoms with Crippen molar-refractivity contribution in [3.05, 3.63) is 87.9 Å². The van der Waals surface area contributed by atoms with E-state index in [4.69, 9.17) is 0 Å². The first-order chi connectivity index (χ1) is 12.6. The zero-order valence-electron chi connectivity index (χ0n) is 13.9. The lowest BCUT2D eigenvalue weighted by Crippen LogP contribution is -2.33. The van der Waals surface area contributed by atoms with E-state index in [1.165, 1.54) is 26.8 Å². The highest BCUT2D eigenvalue weighted by molar-refractivity contribution is 7.14. The van der Waals surface area contributed by atoms with Gasteiger partial charge in [0.1, 0.15) is 11.2 Å². The number of hydrogen-bond acceptors (Lipinski definition) is 5. The Hall–Kier alpha value is -3.32. The average Bonchev–Trinajstić information content (AvgIpc) is 3.09. The van der Waals surface area contributed by atoms with Gasteiger partial charge in [-0.2, -0.15) is 0 Å². The molecule has 4 rings (SSSR count). The number of carbonyl (C=O) groups is 1. The Balaban J connectivity index is 1.88. The first kappa shape index (κ1) is 16.2. The van der Waals surface area contributed by atoms with Crippen LogP contribution in [-0.2, 0) is 0 Å². The third-order valence-electron chi connectivity index (χ3n) is 3.86. The van der Waals surface area contributed by atoms with Crippen LogP contribution in [0.25, 0.3) is 5.65 Å². The van der Waals surface area contributed by atoms with Crippen molar-refractivity contribution in [1.82, 2.24) is 14.4 Å². The fourth-order valence-electron chi connectivity index (χ4n) is 2.63. The van der Waals surface area contributed by atoms with E-state index in [9.17, 15) is 9.59 Å². The van der Waals surface area contributed by atoms with E-state index in [0.29, 0.717) is 16.5 Å². The fourth-order valence-corrected chi connectivity index (χ4v) is 3.45. The minimum absolute atomic E-state index is 0.00888. The molecule has 0 saturated carbocycles. The summed E-state index contributed by atoms with van der Waals surface area (Å²) in [6.07, 6.45) is 2.93. The van der Waals surface area contributed by atoms with E-state index in [1.54, 1.807) is 36.5 Å². The van der Waals surface area contributed by atoms with Gasteiger partial charge in [0, 0.05) is 17.8 Å². The summed E-state index contributed by atoms with van der Waals surface area (Å²) in [6, 6.07) is 14.4. The van der Waals surface area contributed by atoms with E-state index in [2.05, 4.69) is 9.97 Å². The summed E-state index contributed by atoms with van der Waals surface area (Å²) in [6.45, 7) is 1.86. The molecule has 0 spiro atoms. The van der Waals surface area contributed by atoms with Gasteiger partial charge in [-0.25, -0.2) is 9.97 Å². The van der Waals surface area contributed by atoms with Crippen LogP contribution in [0.15, 0.2) is 71.1 Å². The molecule has 0 aliphatic carbocycles. The van der Waals surface area contributed by atoms with Crippen LogP contribution in [0, 0.1) is 6.92 Å². The molecule has 0 radical (unpaired) electrons. The Morgan fingerprint density at radius 3 is 2.62 bits per heavy atom. The van der Waals surface area contributed by atoms with Gasteiger partial charge in [0.25, 0.3) is 11.5 Å². The average molecular weight is 362 g/mol. The topological polar surface area (TPSA) is 67.6 Å². The maximum Gasteiger partial charge on any atom is 0.271 e. The second-order valence-corrected chi connectivity index (χ2v) is 6.49. The molecule has 0 aliphatic rings. The van der Waals surface area contributed by atoms with Crippen molar-refractivity contribution in [2.75, 3.05) is 4.90 Å². The van der Waals surface area contributed by atoms with Crippen LogP contribution in [0.1, 0.15) is 16.1 Å². The fraction of sp³-hybridized carbons (Fsp3) is 0.0526. The summed E-state index contributed by atoms with van der Waals surface area (Å²) in [5.74, 6) is -0.457. The normalized spacial score (nSPS) is 10.8. The van der Waals surface area contributed by atoms with Gasteiger partial charge in [-0.1, -0.05) is 24.3 Å². The smallest absolute Gasteiger partial charge is 0.268 e. The van der Waals surface area contributed by atoms with E-state index >= 15 is 0 Å². The molecule has 3 heterocycles. The number of carbonyl (C=O) groups excluding carboxylic acids is 1. The summed E-state index contributed by atoms with van der Waals surface area (Å²) in [4.78, 5) is 36.2. The number of benzene rings is 1. The number of nitrogens with zero attached hydrogens (tertiary/aromatic N) is 4. The molecule has 0 aliphatic heterocycles. The van der Waals surface area contributed by atoms with Crippen molar-refractivity contribution in [1.29, 1.82) is 0 Å². The predicted octanol–water partition coefficient (Wildman–Crippen LogP) is 3.44. The number of fused-ring (bicyclic) bond motifs is 1. The van der Waals surface area contributed by atoms with Crippen molar-refractivity contribution in [2.24, 2.45) is 0 Å². The number of pyridine rings is 1. The number of para-hydroxylation sites is 1. The van der Waals surface area contributed by atoms with Crippen molar-refractivity contribution < 1.29 is 4.79 Å². The zero-order chi connectivity index (χ0) is 18.1. The molecule has 4 aromatic rings. The van der Waals surface area contributed by atoms with E-state index in [0.717, 1.165) is 5.69 Å². The van der Waals surface area contributed by atoms with Crippen molar-refractivity contribution >= 4 is 33.7 Å². The minimum atomic E-state index is -0.457. The molecule has 1 amide bonds. The quantitative estimate of drug-likeness (QED) is 0.560. The van der Waals surface area contributed by atoms with Gasteiger partial charge in [0.2, 0.25) is 0 Å². The largest absolute Gasteiger partial charge is 0.271 e. The Labute approximate surface area is 153 Å². The maximum absolute atomic E-state index is 13.3. The van der Waals surface area contributed by atoms with Gasteiger partial charge in [-0.15, -0.1) is 11.3 Å². The number of rotatable bonds is 3. The SMILES string of the molecule is Cc1csc(N(C(=O)c2cnc3ccccn3c2=O)c2ccccc2)n1. The van der Waals surface area contributed by atoms with Gasteiger partial charge in [-0.05, 0) is 31.2 Å². The van der Waals surface area contributed by atoms with E-state index in [1.807, 2.05) is 30.5 Å². The van der Waals surface area contributed by atoms with Crippen molar-refractivity contribution in [2.45, 2.75) is 6.92 Å². The van der Waals surface area contributed by atoms with Gasteiger partial charge >= 0.3 is 0 Å². The maximum atomic E-state index is 13.3. The molecular weight excluding hydrogens is 348 g/mol. The molecule has 0 bridgehead atoms. The number of aromatic nitrogens is 3. The van der Waals surface area contributed by atoms with Crippen molar-refractivity contribution in [3.63, 3.8) is 0 Å². The number of hydrogen-bond donors (Lipinski definition) is 0. The minimum Gasteiger partial charge on any atom is -0.268 e. The highest BCUT2D eigenvalue weighted by atomic mass is 32.1. The summed E-state index contributed by atoms with van der Waals surface area (Å²) >= 11 is 1.35. The highest BCUT2D eigenvalue weighted by Gasteiger charge is 2.25. The molecule has 0 unspecified atom stereocenters. The second kappa shape index (κ2) is 6.53. The lowest BCUT2D eigenvalue weighted by atomic mass is 10.2. The number of anilines is 2. The highest BCUT2D eigenvalue weighted by Crippen LogP contribution is 2.29. The molecular formula is C19H14N4O2S. The van der Waals surface area contributed by atoms with Crippen LogP contribution in [-0.4, -0.2) is 20.3 Å². The standard InChI is InChI=1S/C19H14N4O2S/c1-13-12-26-19(21-13)23(14-7-3-2-4-8-14)18(25)15-11-20-16-9-5-6-10-22(16)17(15)24/h2-12H,1H3. The van der Waals surface area contributed by atoms with Crippen molar-refractivity contribution in [3.8, 4) is 0 Å². The lowest BCUT2D eigenvalue weighted by molar-refractivity contribution is 0.0997. The van der Waals surface area contributed by atoms with Crippen LogP contribution in [0.5, 0.6) is 0 Å². The summed E-state index contributed by atoms with van der Waals surface area (Å²) in [5.41, 5.74) is 1.53. The van der Waals surface area contributed by atoms with Crippen LogP contribution in [0.2, 0.25) is 0 Å². The molecule has 0 saturated heterocycles. The van der Waals surface area contributed by atoms with Crippen LogP contribution < -0.4 is 10.5 Å². The Morgan fingerprint density at radius 2 is 1.88 bits per heavy atom. The zero-order valence-corrected chi connectivity index (χ0v) is 14.7. The second-order valence-electron chi connectivity index (χ2n) is 5.65. The Bertz CT molecular complexity index is 1150.